The summed E-state index contributed by atoms with van der Waals surface area (Å²) in [5.74, 6) is -1.73. The molecule has 1 aromatic carbocycles. The summed E-state index contributed by atoms with van der Waals surface area (Å²) < 4.78 is 5.07. The Hall–Kier alpha value is -2.64. The van der Waals surface area contributed by atoms with Gasteiger partial charge in [0.2, 0.25) is 0 Å². The Morgan fingerprint density at radius 1 is 1.43 bits per heavy atom. The summed E-state index contributed by atoms with van der Waals surface area (Å²) in [5.41, 5.74) is -0.377. The first-order valence-electron chi connectivity index (χ1n) is 7.40. The lowest BCUT2D eigenvalue weighted by atomic mass is 10.0. The molecule has 1 aliphatic heterocycles. The summed E-state index contributed by atoms with van der Waals surface area (Å²) in [6, 6.07) is 3.39. The molecule has 2 rings (SSSR count). The van der Waals surface area contributed by atoms with Gasteiger partial charge in [0.25, 0.3) is 5.69 Å². The fraction of sp³-hybridized carbons (Fsp3) is 0.467. The standard InChI is InChI=1S/C15H18N2O6/c1-2-23-15(20)13-5-3-4-8-16(13)10-6-7-12(17(21)22)11(9-10)14(18)19/h6-7,9,13H,2-5,8H2,1H3,(H,18,19). The van der Waals surface area contributed by atoms with Gasteiger partial charge in [-0.25, -0.2) is 9.59 Å². The fourth-order valence-electron chi connectivity index (χ4n) is 2.76. The molecular formula is C15H18N2O6. The van der Waals surface area contributed by atoms with Crippen LogP contribution in [0.1, 0.15) is 36.5 Å². The molecule has 1 aliphatic rings. The van der Waals surface area contributed by atoms with Gasteiger partial charge in [0.1, 0.15) is 11.6 Å². The monoisotopic (exact) mass is 322 g/mol. The second-order valence-corrected chi connectivity index (χ2v) is 5.22. The molecule has 1 saturated heterocycles. The SMILES string of the molecule is CCOC(=O)C1CCCCN1c1ccc([N+](=O)[O-])c(C(=O)O)c1. The van der Waals surface area contributed by atoms with Crippen molar-refractivity contribution >= 4 is 23.3 Å². The number of piperidine rings is 1. The molecular weight excluding hydrogens is 304 g/mol. The number of hydrogen-bond acceptors (Lipinski definition) is 6. The van der Waals surface area contributed by atoms with Crippen molar-refractivity contribution in [2.24, 2.45) is 0 Å². The maximum absolute atomic E-state index is 12.1. The predicted molar refractivity (Wildman–Crippen MR) is 81.7 cm³/mol. The van der Waals surface area contributed by atoms with Crippen molar-refractivity contribution in [2.45, 2.75) is 32.2 Å². The van der Waals surface area contributed by atoms with E-state index >= 15 is 0 Å². The first-order chi connectivity index (χ1) is 11.0. The maximum Gasteiger partial charge on any atom is 0.342 e. The number of nitro groups is 1. The molecule has 1 atom stereocenters. The van der Waals surface area contributed by atoms with Gasteiger partial charge < -0.3 is 14.7 Å². The van der Waals surface area contributed by atoms with Gasteiger partial charge in [-0.1, -0.05) is 0 Å². The Kier molecular flexibility index (Phi) is 5.15. The lowest BCUT2D eigenvalue weighted by molar-refractivity contribution is -0.385. The van der Waals surface area contributed by atoms with Gasteiger partial charge in [-0.2, -0.15) is 0 Å². The summed E-state index contributed by atoms with van der Waals surface area (Å²) in [6.07, 6.45) is 2.34. The zero-order chi connectivity index (χ0) is 17.0. The van der Waals surface area contributed by atoms with E-state index in [4.69, 9.17) is 4.74 Å². The van der Waals surface area contributed by atoms with E-state index in [9.17, 15) is 24.8 Å². The van der Waals surface area contributed by atoms with E-state index in [0.717, 1.165) is 18.9 Å². The number of hydrogen-bond donors (Lipinski definition) is 1. The Morgan fingerprint density at radius 2 is 2.17 bits per heavy atom. The predicted octanol–water partition coefficient (Wildman–Crippen LogP) is 2.21. The number of esters is 1. The highest BCUT2D eigenvalue weighted by molar-refractivity contribution is 5.94. The van der Waals surface area contributed by atoms with Crippen LogP contribution in [0.25, 0.3) is 0 Å². The van der Waals surface area contributed by atoms with E-state index in [0.29, 0.717) is 18.7 Å². The summed E-state index contributed by atoms with van der Waals surface area (Å²) in [7, 11) is 0. The van der Waals surface area contributed by atoms with E-state index in [1.807, 2.05) is 0 Å². The van der Waals surface area contributed by atoms with Crippen molar-refractivity contribution in [1.82, 2.24) is 0 Å². The van der Waals surface area contributed by atoms with Gasteiger partial charge in [-0.15, -0.1) is 0 Å². The minimum atomic E-state index is -1.37. The number of ether oxygens (including phenoxy) is 1. The lowest BCUT2D eigenvalue weighted by Crippen LogP contribution is -2.45. The number of anilines is 1. The van der Waals surface area contributed by atoms with Crippen molar-refractivity contribution < 1.29 is 24.4 Å². The Morgan fingerprint density at radius 3 is 2.78 bits per heavy atom. The molecule has 0 amide bonds. The van der Waals surface area contributed by atoms with Crippen molar-refractivity contribution in [1.29, 1.82) is 0 Å². The second kappa shape index (κ2) is 7.08. The normalized spacial score (nSPS) is 17.6. The molecule has 23 heavy (non-hydrogen) atoms. The van der Waals surface area contributed by atoms with Crippen LogP contribution in [0.4, 0.5) is 11.4 Å². The maximum atomic E-state index is 12.1. The van der Waals surface area contributed by atoms with E-state index in [1.165, 1.54) is 12.1 Å². The van der Waals surface area contributed by atoms with E-state index in [-0.39, 0.29) is 18.1 Å². The summed E-state index contributed by atoms with van der Waals surface area (Å²) in [4.78, 5) is 35.3. The quantitative estimate of drug-likeness (QED) is 0.502. The Balaban J connectivity index is 2.38. The van der Waals surface area contributed by atoms with Crippen LogP contribution < -0.4 is 4.90 Å². The highest BCUT2D eigenvalue weighted by Crippen LogP contribution is 2.30. The van der Waals surface area contributed by atoms with Gasteiger partial charge in [0.15, 0.2) is 0 Å². The molecule has 1 heterocycles. The minimum absolute atomic E-state index is 0.268. The van der Waals surface area contributed by atoms with Crippen LogP contribution in [0, 0.1) is 10.1 Å². The van der Waals surface area contributed by atoms with Crippen LogP contribution in [0.2, 0.25) is 0 Å². The van der Waals surface area contributed by atoms with Crippen LogP contribution in [0.3, 0.4) is 0 Å². The van der Waals surface area contributed by atoms with E-state index < -0.39 is 22.6 Å². The molecule has 1 aromatic rings. The van der Waals surface area contributed by atoms with Crippen molar-refractivity contribution in [3.8, 4) is 0 Å². The largest absolute Gasteiger partial charge is 0.477 e. The number of carboxylic acid groups (broad SMARTS) is 1. The summed E-state index contributed by atoms with van der Waals surface area (Å²) in [5, 5.41) is 20.1. The third kappa shape index (κ3) is 3.58. The number of rotatable bonds is 5. The van der Waals surface area contributed by atoms with Crippen molar-refractivity contribution in [3.05, 3.63) is 33.9 Å². The van der Waals surface area contributed by atoms with Gasteiger partial charge >= 0.3 is 11.9 Å². The molecule has 0 radical (unpaired) electrons. The van der Waals surface area contributed by atoms with Crippen molar-refractivity contribution in [2.75, 3.05) is 18.1 Å². The van der Waals surface area contributed by atoms with Gasteiger partial charge in [0, 0.05) is 18.3 Å². The minimum Gasteiger partial charge on any atom is -0.477 e. The molecule has 1 N–H and O–H groups in total. The zero-order valence-electron chi connectivity index (χ0n) is 12.7. The van der Waals surface area contributed by atoms with Crippen LogP contribution >= 0.6 is 0 Å². The van der Waals surface area contributed by atoms with E-state index in [1.54, 1.807) is 11.8 Å². The van der Waals surface area contributed by atoms with Crippen molar-refractivity contribution in [3.63, 3.8) is 0 Å². The number of benzene rings is 1. The fourth-order valence-corrected chi connectivity index (χ4v) is 2.76. The van der Waals surface area contributed by atoms with Crippen LogP contribution in [0.15, 0.2) is 18.2 Å². The number of carbonyl (C=O) groups excluding carboxylic acids is 1. The topological polar surface area (TPSA) is 110 Å². The second-order valence-electron chi connectivity index (χ2n) is 5.22. The molecule has 0 bridgehead atoms. The lowest BCUT2D eigenvalue weighted by Gasteiger charge is -2.35. The zero-order valence-corrected chi connectivity index (χ0v) is 12.7. The average Bonchev–Trinajstić information content (AvgIpc) is 2.54. The number of carbonyl (C=O) groups is 2. The molecule has 124 valence electrons. The molecule has 0 aromatic heterocycles. The Labute approximate surface area is 132 Å². The molecule has 0 aliphatic carbocycles. The molecule has 0 spiro atoms. The van der Waals surface area contributed by atoms with Gasteiger partial charge in [0.05, 0.1) is 11.5 Å². The number of nitro benzene ring substituents is 1. The summed E-state index contributed by atoms with van der Waals surface area (Å²) >= 11 is 0. The van der Waals surface area contributed by atoms with Gasteiger partial charge in [-0.3, -0.25) is 10.1 Å². The van der Waals surface area contributed by atoms with Crippen LogP contribution in [-0.2, 0) is 9.53 Å². The highest BCUT2D eigenvalue weighted by Gasteiger charge is 2.31. The molecule has 0 saturated carbocycles. The number of nitrogens with zero attached hydrogens (tertiary/aromatic N) is 2. The molecule has 8 heteroatoms. The average molecular weight is 322 g/mol. The van der Waals surface area contributed by atoms with E-state index in [2.05, 4.69) is 0 Å². The number of carboxylic acids is 1. The Bertz CT molecular complexity index is 630. The van der Waals surface area contributed by atoms with Crippen LogP contribution in [0.5, 0.6) is 0 Å². The molecule has 8 nitrogen and oxygen atoms in total. The molecule has 1 unspecified atom stereocenters. The first-order valence-corrected chi connectivity index (χ1v) is 7.40. The molecule has 1 fully saturated rings. The highest BCUT2D eigenvalue weighted by atomic mass is 16.6. The smallest absolute Gasteiger partial charge is 0.342 e. The number of aromatic carboxylic acids is 1. The first kappa shape index (κ1) is 16.7. The van der Waals surface area contributed by atoms with Gasteiger partial charge in [-0.05, 0) is 38.3 Å². The van der Waals surface area contributed by atoms with Crippen LogP contribution in [-0.4, -0.2) is 41.2 Å². The third-order valence-electron chi connectivity index (χ3n) is 3.80. The third-order valence-corrected chi connectivity index (χ3v) is 3.80. The summed E-state index contributed by atoms with van der Waals surface area (Å²) in [6.45, 7) is 2.56.